The lowest BCUT2D eigenvalue weighted by Crippen LogP contribution is -2.35. The van der Waals surface area contributed by atoms with Crippen molar-refractivity contribution in [1.82, 2.24) is 14.1 Å². The topological polar surface area (TPSA) is 79.0 Å². The largest absolute Gasteiger partial charge is 0.275 e. The van der Waals surface area contributed by atoms with Crippen LogP contribution in [0.1, 0.15) is 17.5 Å². The van der Waals surface area contributed by atoms with Crippen LogP contribution in [0.2, 0.25) is 0 Å². The van der Waals surface area contributed by atoms with Gasteiger partial charge in [-0.25, -0.2) is 12.8 Å². The van der Waals surface area contributed by atoms with E-state index >= 15 is 0 Å². The lowest BCUT2D eigenvalue weighted by atomic mass is 10.1. The molecule has 0 atom stereocenters. The van der Waals surface area contributed by atoms with Crippen molar-refractivity contribution in [2.24, 2.45) is 7.05 Å². The maximum atomic E-state index is 14.1. The lowest BCUT2D eigenvalue weighted by Gasteiger charge is -2.26. The first-order valence-corrected chi connectivity index (χ1v) is 8.73. The van der Waals surface area contributed by atoms with Gasteiger partial charge in [-0.2, -0.15) is 14.7 Å². The van der Waals surface area contributed by atoms with Crippen LogP contribution in [-0.4, -0.2) is 35.6 Å². The third-order valence-corrected chi connectivity index (χ3v) is 5.75. The maximum absolute atomic E-state index is 14.1. The zero-order valence-corrected chi connectivity index (χ0v) is 13.8. The smallest absolute Gasteiger partial charge is 0.246 e. The van der Waals surface area contributed by atoms with Crippen molar-refractivity contribution in [3.05, 3.63) is 53.6 Å². The molecule has 2 heterocycles. The number of aryl methyl sites for hydroxylation is 1. The van der Waals surface area contributed by atoms with Crippen molar-refractivity contribution in [2.45, 2.75) is 11.3 Å². The molecule has 6 nitrogen and oxygen atoms in total. The summed E-state index contributed by atoms with van der Waals surface area (Å²) >= 11 is 0. The molecule has 1 aliphatic rings. The van der Waals surface area contributed by atoms with Gasteiger partial charge in [-0.05, 0) is 30.2 Å². The van der Waals surface area contributed by atoms with Crippen LogP contribution in [0.15, 0.2) is 41.6 Å². The molecule has 24 heavy (non-hydrogen) atoms. The number of nitrogens with zero attached hydrogens (tertiary/aromatic N) is 4. The number of benzene rings is 1. The van der Waals surface area contributed by atoms with Crippen molar-refractivity contribution < 1.29 is 12.8 Å². The van der Waals surface area contributed by atoms with E-state index in [0.717, 1.165) is 23.3 Å². The van der Waals surface area contributed by atoms with Gasteiger partial charge in [0, 0.05) is 31.9 Å². The molecule has 1 aromatic heterocycles. The first kappa shape index (κ1) is 16.4. The highest BCUT2D eigenvalue weighted by atomic mass is 32.2. The summed E-state index contributed by atoms with van der Waals surface area (Å²) in [6.45, 7) is 0.443. The van der Waals surface area contributed by atoms with Crippen LogP contribution < -0.4 is 0 Å². The van der Waals surface area contributed by atoms with E-state index in [1.54, 1.807) is 24.0 Å². The molecule has 0 N–H and O–H groups in total. The molecule has 1 aliphatic heterocycles. The van der Waals surface area contributed by atoms with Gasteiger partial charge in [0.15, 0.2) is 0 Å². The zero-order chi connectivity index (χ0) is 17.3. The molecular formula is C16H15FN4O2S. The minimum atomic E-state index is -3.97. The monoisotopic (exact) mass is 346 g/mol. The second kappa shape index (κ2) is 6.19. The van der Waals surface area contributed by atoms with Gasteiger partial charge in [-0.1, -0.05) is 6.08 Å². The summed E-state index contributed by atoms with van der Waals surface area (Å²) in [6, 6.07) is 5.18. The number of hydrogen-bond donors (Lipinski definition) is 0. The summed E-state index contributed by atoms with van der Waals surface area (Å²) in [4.78, 5) is -0.408. The molecule has 2 aromatic rings. The highest BCUT2D eigenvalue weighted by molar-refractivity contribution is 7.89. The summed E-state index contributed by atoms with van der Waals surface area (Å²) < 4.78 is 42.5. The van der Waals surface area contributed by atoms with Crippen LogP contribution in [0.3, 0.4) is 0 Å². The van der Waals surface area contributed by atoms with Crippen molar-refractivity contribution in [1.29, 1.82) is 5.26 Å². The lowest BCUT2D eigenvalue weighted by molar-refractivity contribution is 0.438. The normalized spacial score (nSPS) is 15.8. The van der Waals surface area contributed by atoms with Crippen LogP contribution in [0.5, 0.6) is 0 Å². The molecule has 0 aliphatic carbocycles. The Labute approximate surface area is 139 Å². The SMILES string of the molecule is Cn1cc(C2=CCCN(S(=O)(=O)c3ccc(C#N)cc3F)C2)cn1. The van der Waals surface area contributed by atoms with Crippen LogP contribution in [-0.2, 0) is 17.1 Å². The summed E-state index contributed by atoms with van der Waals surface area (Å²) in [5, 5.41) is 12.9. The summed E-state index contributed by atoms with van der Waals surface area (Å²) in [6.07, 6.45) is 5.99. The molecule has 0 unspecified atom stereocenters. The van der Waals surface area contributed by atoms with E-state index in [9.17, 15) is 12.8 Å². The van der Waals surface area contributed by atoms with Gasteiger partial charge in [0.1, 0.15) is 10.7 Å². The number of halogens is 1. The fraction of sp³-hybridized carbons (Fsp3) is 0.250. The van der Waals surface area contributed by atoms with Crippen molar-refractivity contribution in [3.63, 3.8) is 0 Å². The summed E-state index contributed by atoms with van der Waals surface area (Å²) in [5.74, 6) is -0.911. The number of nitriles is 1. The Hall–Kier alpha value is -2.50. The van der Waals surface area contributed by atoms with Gasteiger partial charge in [-0.15, -0.1) is 0 Å². The third kappa shape index (κ3) is 2.96. The molecule has 8 heteroatoms. The van der Waals surface area contributed by atoms with Gasteiger partial charge >= 0.3 is 0 Å². The van der Waals surface area contributed by atoms with Gasteiger partial charge in [0.05, 0.1) is 17.8 Å². The number of sulfonamides is 1. The molecule has 0 radical (unpaired) electrons. The van der Waals surface area contributed by atoms with E-state index in [2.05, 4.69) is 5.10 Å². The molecular weight excluding hydrogens is 331 g/mol. The molecule has 0 spiro atoms. The number of rotatable bonds is 3. The van der Waals surface area contributed by atoms with Crippen LogP contribution in [0.25, 0.3) is 5.57 Å². The molecule has 0 bridgehead atoms. The quantitative estimate of drug-likeness (QED) is 0.850. The molecule has 3 rings (SSSR count). The minimum absolute atomic E-state index is 0.0843. The summed E-state index contributed by atoms with van der Waals surface area (Å²) in [7, 11) is -2.19. The zero-order valence-electron chi connectivity index (χ0n) is 13.0. The van der Waals surface area contributed by atoms with E-state index in [1.165, 1.54) is 10.4 Å². The average molecular weight is 346 g/mol. The Balaban J connectivity index is 1.91. The van der Waals surface area contributed by atoms with Crippen LogP contribution >= 0.6 is 0 Å². The Kier molecular flexibility index (Phi) is 4.22. The van der Waals surface area contributed by atoms with Crippen LogP contribution in [0.4, 0.5) is 4.39 Å². The highest BCUT2D eigenvalue weighted by Gasteiger charge is 2.30. The van der Waals surface area contributed by atoms with Gasteiger partial charge < -0.3 is 0 Å². The number of hydrogen-bond acceptors (Lipinski definition) is 4. The van der Waals surface area contributed by atoms with E-state index in [1.807, 2.05) is 12.3 Å². The molecule has 0 fully saturated rings. The van der Waals surface area contributed by atoms with E-state index in [-0.39, 0.29) is 18.7 Å². The number of aromatic nitrogens is 2. The van der Waals surface area contributed by atoms with Crippen molar-refractivity contribution in [2.75, 3.05) is 13.1 Å². The summed E-state index contributed by atoms with van der Waals surface area (Å²) in [5.41, 5.74) is 1.77. The van der Waals surface area contributed by atoms with Crippen molar-refractivity contribution in [3.8, 4) is 6.07 Å². The Morgan fingerprint density at radius 1 is 1.38 bits per heavy atom. The van der Waals surface area contributed by atoms with Gasteiger partial charge in [0.2, 0.25) is 10.0 Å². The van der Waals surface area contributed by atoms with E-state index in [4.69, 9.17) is 5.26 Å². The average Bonchev–Trinajstić information content (AvgIpc) is 3.01. The van der Waals surface area contributed by atoms with Gasteiger partial charge in [-0.3, -0.25) is 4.68 Å². The van der Waals surface area contributed by atoms with Crippen LogP contribution in [0, 0.1) is 17.1 Å². The fourth-order valence-electron chi connectivity index (χ4n) is 2.64. The highest BCUT2D eigenvalue weighted by Crippen LogP contribution is 2.27. The molecule has 0 amide bonds. The van der Waals surface area contributed by atoms with Gasteiger partial charge in [0.25, 0.3) is 0 Å². The van der Waals surface area contributed by atoms with E-state index < -0.39 is 20.7 Å². The molecule has 0 saturated heterocycles. The second-order valence-electron chi connectivity index (χ2n) is 5.52. The second-order valence-corrected chi connectivity index (χ2v) is 7.42. The van der Waals surface area contributed by atoms with Crippen molar-refractivity contribution >= 4 is 15.6 Å². The molecule has 1 aromatic carbocycles. The maximum Gasteiger partial charge on any atom is 0.246 e. The Bertz CT molecular complexity index is 957. The molecule has 0 saturated carbocycles. The van der Waals surface area contributed by atoms with E-state index in [0.29, 0.717) is 6.42 Å². The minimum Gasteiger partial charge on any atom is -0.275 e. The third-order valence-electron chi connectivity index (χ3n) is 3.87. The first-order valence-electron chi connectivity index (χ1n) is 7.29. The Morgan fingerprint density at radius 3 is 2.79 bits per heavy atom. The molecule has 124 valence electrons. The first-order chi connectivity index (χ1) is 11.4. The predicted octanol–water partition coefficient (Wildman–Crippen LogP) is 1.91. The fourth-order valence-corrected chi connectivity index (χ4v) is 4.11. The Morgan fingerprint density at radius 2 is 2.17 bits per heavy atom. The predicted molar refractivity (Wildman–Crippen MR) is 85.7 cm³/mol. The standard InChI is InChI=1S/C16H15FN4O2S/c1-20-10-14(9-19-20)13-3-2-6-21(11-13)24(22,23)16-5-4-12(8-18)7-15(16)17/h3-5,7,9-10H,2,6,11H2,1H3.